The Bertz CT molecular complexity index is 437. The lowest BCUT2D eigenvalue weighted by Gasteiger charge is -2.40. The second kappa shape index (κ2) is 6.43. The lowest BCUT2D eigenvalue weighted by Crippen LogP contribution is -2.56. The molecule has 0 spiro atoms. The number of fused-ring (bicyclic) bond motifs is 1. The van der Waals surface area contributed by atoms with Gasteiger partial charge >= 0.3 is 11.9 Å². The third kappa shape index (κ3) is 3.02. The first kappa shape index (κ1) is 15.8. The minimum Gasteiger partial charge on any atom is -0.469 e. The molecule has 118 valence electrons. The molecule has 0 aromatic carbocycles. The van der Waals surface area contributed by atoms with Gasteiger partial charge in [-0.2, -0.15) is 0 Å². The molecule has 1 amide bonds. The largest absolute Gasteiger partial charge is 0.469 e. The molecule has 7 heteroatoms. The van der Waals surface area contributed by atoms with Gasteiger partial charge in [0.1, 0.15) is 6.04 Å². The number of hydrogen-bond donors (Lipinski definition) is 1. The number of carbonyl (C=O) groups is 3. The van der Waals surface area contributed by atoms with Gasteiger partial charge in [0.05, 0.1) is 26.4 Å². The van der Waals surface area contributed by atoms with Gasteiger partial charge in [-0.15, -0.1) is 0 Å². The van der Waals surface area contributed by atoms with Gasteiger partial charge in [0.2, 0.25) is 5.91 Å². The van der Waals surface area contributed by atoms with Gasteiger partial charge in [0.25, 0.3) is 0 Å². The van der Waals surface area contributed by atoms with E-state index >= 15 is 0 Å². The Morgan fingerprint density at radius 3 is 2.62 bits per heavy atom. The quantitative estimate of drug-likeness (QED) is 0.726. The Kier molecular flexibility index (Phi) is 4.82. The van der Waals surface area contributed by atoms with Gasteiger partial charge in [-0.25, -0.2) is 4.79 Å². The molecule has 21 heavy (non-hydrogen) atoms. The molecule has 2 aliphatic rings. The molecule has 0 radical (unpaired) electrons. The molecule has 0 bridgehead atoms. The monoisotopic (exact) mass is 299 g/mol. The number of ether oxygens (including phenoxy) is 2. The number of methoxy groups -OCH3 is 2. The first-order chi connectivity index (χ1) is 9.99. The van der Waals surface area contributed by atoms with Crippen molar-refractivity contribution >= 4 is 17.8 Å². The van der Waals surface area contributed by atoms with E-state index in [1.807, 2.05) is 0 Å². The summed E-state index contributed by atoms with van der Waals surface area (Å²) in [6.45, 7) is 0. The molecule has 4 unspecified atom stereocenters. The molecule has 2 heterocycles. The highest BCUT2D eigenvalue weighted by atomic mass is 16.5. The van der Waals surface area contributed by atoms with Crippen molar-refractivity contribution in [3.63, 3.8) is 0 Å². The number of nitrogens with zero attached hydrogens (tertiary/aromatic N) is 1. The summed E-state index contributed by atoms with van der Waals surface area (Å²) >= 11 is 0. The van der Waals surface area contributed by atoms with Crippen molar-refractivity contribution in [1.29, 1.82) is 0 Å². The molecule has 2 rings (SSSR count). The molecule has 2 aliphatic heterocycles. The normalized spacial score (nSPS) is 31.8. The van der Waals surface area contributed by atoms with Crippen LogP contribution in [0.15, 0.2) is 0 Å². The van der Waals surface area contributed by atoms with E-state index in [-0.39, 0.29) is 24.3 Å². The van der Waals surface area contributed by atoms with Gasteiger partial charge in [-0.3, -0.25) is 9.59 Å². The fraction of sp³-hybridized carbons (Fsp3) is 0.786. The van der Waals surface area contributed by atoms with Crippen LogP contribution in [0.1, 0.15) is 32.1 Å². The molecule has 0 aromatic rings. The summed E-state index contributed by atoms with van der Waals surface area (Å²) in [4.78, 5) is 37.0. The zero-order valence-electron chi connectivity index (χ0n) is 12.3. The van der Waals surface area contributed by atoms with E-state index in [1.54, 1.807) is 0 Å². The number of esters is 2. The summed E-state index contributed by atoms with van der Waals surface area (Å²) in [5.41, 5.74) is 0. The summed E-state index contributed by atoms with van der Waals surface area (Å²) in [6, 6.07) is -0.945. The van der Waals surface area contributed by atoms with Crippen LogP contribution in [0.2, 0.25) is 0 Å². The van der Waals surface area contributed by atoms with E-state index in [0.29, 0.717) is 25.7 Å². The van der Waals surface area contributed by atoms with E-state index in [4.69, 9.17) is 4.74 Å². The van der Waals surface area contributed by atoms with Crippen molar-refractivity contribution in [2.75, 3.05) is 14.2 Å². The van der Waals surface area contributed by atoms with Crippen LogP contribution >= 0.6 is 0 Å². The summed E-state index contributed by atoms with van der Waals surface area (Å²) in [6.07, 6.45) is 1.20. The van der Waals surface area contributed by atoms with Crippen molar-refractivity contribution in [3.8, 4) is 0 Å². The zero-order valence-corrected chi connectivity index (χ0v) is 12.3. The van der Waals surface area contributed by atoms with E-state index in [9.17, 15) is 19.5 Å². The van der Waals surface area contributed by atoms with Crippen molar-refractivity contribution in [2.24, 2.45) is 5.92 Å². The number of amides is 1. The third-order valence-corrected chi connectivity index (χ3v) is 4.40. The van der Waals surface area contributed by atoms with E-state index in [0.717, 1.165) is 0 Å². The summed E-state index contributed by atoms with van der Waals surface area (Å²) in [7, 11) is 2.58. The Labute approximate surface area is 123 Å². The van der Waals surface area contributed by atoms with Gasteiger partial charge in [0, 0.05) is 12.3 Å². The highest BCUT2D eigenvalue weighted by molar-refractivity contribution is 5.87. The SMILES string of the molecule is COC(=O)CCC1CC(O)C2CCC(C(=O)OC)N2C1=O. The minimum atomic E-state index is -0.667. The van der Waals surface area contributed by atoms with Crippen molar-refractivity contribution < 1.29 is 29.0 Å². The molecule has 2 saturated heterocycles. The highest BCUT2D eigenvalue weighted by Gasteiger charge is 2.50. The lowest BCUT2D eigenvalue weighted by molar-refractivity contribution is -0.160. The molecule has 7 nitrogen and oxygen atoms in total. The summed E-state index contributed by atoms with van der Waals surface area (Å²) in [5.74, 6) is -1.47. The molecular formula is C14H21NO6. The minimum absolute atomic E-state index is 0.126. The van der Waals surface area contributed by atoms with Crippen LogP contribution in [0.5, 0.6) is 0 Å². The van der Waals surface area contributed by atoms with Crippen LogP contribution in [-0.4, -0.2) is 60.3 Å². The van der Waals surface area contributed by atoms with E-state index in [2.05, 4.69) is 4.74 Å². The molecule has 0 aromatic heterocycles. The van der Waals surface area contributed by atoms with Gasteiger partial charge in [-0.05, 0) is 25.7 Å². The predicted molar refractivity (Wildman–Crippen MR) is 71.0 cm³/mol. The van der Waals surface area contributed by atoms with Crippen LogP contribution in [0.3, 0.4) is 0 Å². The van der Waals surface area contributed by atoms with Gasteiger partial charge in [-0.1, -0.05) is 0 Å². The molecule has 0 aliphatic carbocycles. The van der Waals surface area contributed by atoms with Crippen LogP contribution in [0, 0.1) is 5.92 Å². The Morgan fingerprint density at radius 1 is 1.29 bits per heavy atom. The maximum atomic E-state index is 12.5. The second-order valence-corrected chi connectivity index (χ2v) is 5.54. The number of hydrogen-bond acceptors (Lipinski definition) is 6. The molecule has 4 atom stereocenters. The van der Waals surface area contributed by atoms with Crippen LogP contribution in [0.4, 0.5) is 0 Å². The number of rotatable bonds is 4. The van der Waals surface area contributed by atoms with Crippen LogP contribution in [-0.2, 0) is 23.9 Å². The Morgan fingerprint density at radius 2 is 2.00 bits per heavy atom. The highest BCUT2D eigenvalue weighted by Crippen LogP contribution is 2.36. The fourth-order valence-corrected chi connectivity index (χ4v) is 3.30. The van der Waals surface area contributed by atoms with E-state index < -0.39 is 24.0 Å². The molecule has 2 fully saturated rings. The number of carbonyl (C=O) groups excluding carboxylic acids is 3. The number of aliphatic hydroxyl groups is 1. The average Bonchev–Trinajstić information content (AvgIpc) is 2.93. The first-order valence-electron chi connectivity index (χ1n) is 7.14. The van der Waals surface area contributed by atoms with Crippen molar-refractivity contribution in [1.82, 2.24) is 4.90 Å². The average molecular weight is 299 g/mol. The maximum absolute atomic E-state index is 12.5. The Balaban J connectivity index is 2.09. The van der Waals surface area contributed by atoms with E-state index in [1.165, 1.54) is 19.1 Å². The first-order valence-corrected chi connectivity index (χ1v) is 7.14. The number of aliphatic hydroxyl groups excluding tert-OH is 1. The van der Waals surface area contributed by atoms with Crippen LogP contribution < -0.4 is 0 Å². The molecule has 1 N–H and O–H groups in total. The molecule has 0 saturated carbocycles. The lowest BCUT2D eigenvalue weighted by atomic mass is 9.87. The zero-order chi connectivity index (χ0) is 15.6. The van der Waals surface area contributed by atoms with Crippen molar-refractivity contribution in [2.45, 2.75) is 50.3 Å². The predicted octanol–water partition coefficient (Wildman–Crippen LogP) is -0.147. The van der Waals surface area contributed by atoms with Crippen molar-refractivity contribution in [3.05, 3.63) is 0 Å². The third-order valence-electron chi connectivity index (χ3n) is 4.40. The Hall–Kier alpha value is -1.63. The standard InChI is InChI=1S/C14H21NO6/c1-20-12(17)6-3-8-7-11(16)9-4-5-10(14(19)21-2)15(9)13(8)18/h8-11,16H,3-7H2,1-2H3. The molecular weight excluding hydrogens is 278 g/mol. The van der Waals surface area contributed by atoms with Gasteiger partial charge < -0.3 is 19.5 Å². The van der Waals surface area contributed by atoms with Gasteiger partial charge in [0.15, 0.2) is 0 Å². The second-order valence-electron chi connectivity index (χ2n) is 5.54. The maximum Gasteiger partial charge on any atom is 0.328 e. The van der Waals surface area contributed by atoms with Crippen LogP contribution in [0.25, 0.3) is 0 Å². The summed E-state index contributed by atoms with van der Waals surface area (Å²) < 4.78 is 9.30. The fourth-order valence-electron chi connectivity index (χ4n) is 3.30. The number of piperidine rings is 1. The topological polar surface area (TPSA) is 93.1 Å². The summed E-state index contributed by atoms with van der Waals surface area (Å²) in [5, 5.41) is 10.2. The smallest absolute Gasteiger partial charge is 0.328 e.